The molecule has 13 heteroatoms. The van der Waals surface area contributed by atoms with Gasteiger partial charge in [0, 0.05) is 17.2 Å². The van der Waals surface area contributed by atoms with Crippen LogP contribution in [0.1, 0.15) is 22.5 Å². The number of nitrogens with zero attached hydrogens (tertiary/aromatic N) is 4. The number of rotatable bonds is 6. The van der Waals surface area contributed by atoms with Gasteiger partial charge in [-0.05, 0) is 48.4 Å². The molecule has 0 amide bonds. The number of aliphatic hydroxyl groups is 1. The first-order valence-corrected chi connectivity index (χ1v) is 9.59. The van der Waals surface area contributed by atoms with Crippen molar-refractivity contribution in [3.63, 3.8) is 0 Å². The molecular formula is C22H16F6N6O. The van der Waals surface area contributed by atoms with Gasteiger partial charge in [-0.15, -0.1) is 10.2 Å². The van der Waals surface area contributed by atoms with E-state index in [9.17, 15) is 22.7 Å². The van der Waals surface area contributed by atoms with Crippen LogP contribution in [-0.4, -0.2) is 33.2 Å². The molecule has 0 saturated carbocycles. The molecular weight excluding hydrogens is 478 g/mol. The molecule has 0 aliphatic heterocycles. The van der Waals surface area contributed by atoms with E-state index in [1.807, 2.05) is 0 Å². The van der Waals surface area contributed by atoms with Gasteiger partial charge in [-0.2, -0.15) is 13.9 Å². The summed E-state index contributed by atoms with van der Waals surface area (Å²) in [6.45, 7) is -1.14. The van der Waals surface area contributed by atoms with E-state index in [0.29, 0.717) is 29.5 Å². The van der Waals surface area contributed by atoms with Gasteiger partial charge in [0.2, 0.25) is 0 Å². The van der Waals surface area contributed by atoms with E-state index in [2.05, 4.69) is 27.1 Å². The lowest BCUT2D eigenvalue weighted by molar-refractivity contribution is -0.204. The first kappa shape index (κ1) is 25.5. The number of hydrazine groups is 1. The Morgan fingerprint density at radius 2 is 1.69 bits per heavy atom. The predicted molar refractivity (Wildman–Crippen MR) is 112 cm³/mol. The van der Waals surface area contributed by atoms with Crippen LogP contribution >= 0.6 is 0 Å². The lowest BCUT2D eigenvalue weighted by atomic mass is 9.84. The monoisotopic (exact) mass is 494 g/mol. The number of aromatic nitrogens is 2. The van der Waals surface area contributed by atoms with Crippen LogP contribution < -0.4 is 11.7 Å². The van der Waals surface area contributed by atoms with Crippen molar-refractivity contribution >= 4 is 6.34 Å². The molecule has 0 spiro atoms. The minimum Gasteiger partial charge on any atom is -0.377 e. The molecule has 3 rings (SSSR count). The number of hydrazone groups is 1. The number of hydrogen-bond acceptors (Lipinski definition) is 6. The van der Waals surface area contributed by atoms with Crippen molar-refractivity contribution in [3.05, 3.63) is 94.3 Å². The maximum atomic E-state index is 15.6. The van der Waals surface area contributed by atoms with Crippen LogP contribution in [0.3, 0.4) is 0 Å². The highest BCUT2D eigenvalue weighted by Gasteiger charge is 2.58. The third-order valence-electron chi connectivity index (χ3n) is 4.76. The topological polar surface area (TPSA) is 114 Å². The molecule has 7 nitrogen and oxygen atoms in total. The minimum absolute atomic E-state index is 0.0888. The normalized spacial score (nSPS) is 13.3. The Kier molecular flexibility index (Phi) is 7.28. The van der Waals surface area contributed by atoms with Crippen molar-refractivity contribution in [3.8, 4) is 11.8 Å². The maximum absolute atomic E-state index is 15.6. The van der Waals surface area contributed by atoms with Crippen molar-refractivity contribution in [1.82, 2.24) is 15.2 Å². The van der Waals surface area contributed by atoms with E-state index in [4.69, 9.17) is 11.7 Å². The number of alkyl halides is 2. The molecule has 0 fully saturated rings. The fourth-order valence-corrected chi connectivity index (χ4v) is 3.06. The van der Waals surface area contributed by atoms with E-state index in [0.717, 1.165) is 24.3 Å². The average molecular weight is 494 g/mol. The van der Waals surface area contributed by atoms with Gasteiger partial charge >= 0.3 is 5.92 Å². The molecule has 0 radical (unpaired) electrons. The first-order chi connectivity index (χ1) is 16.5. The SMILES string of the molecule is N/N=C\N(N)CC(O)(c1ccc(F)cc1F)C(F)(F)c1ccc(C#Cc2ccc(F)c(F)c2)nn1. The second kappa shape index (κ2) is 10.00. The number of halogens is 6. The molecule has 2 aromatic carbocycles. The summed E-state index contributed by atoms with van der Waals surface area (Å²) in [7, 11) is 0. The average Bonchev–Trinajstić information content (AvgIpc) is 2.80. The lowest BCUT2D eigenvalue weighted by Crippen LogP contribution is -2.54. The van der Waals surface area contributed by atoms with Gasteiger partial charge in [-0.3, -0.25) is 5.01 Å². The van der Waals surface area contributed by atoms with Gasteiger partial charge in [0.15, 0.2) is 17.2 Å². The molecule has 1 unspecified atom stereocenters. The molecule has 1 heterocycles. The minimum atomic E-state index is -4.33. The van der Waals surface area contributed by atoms with Gasteiger partial charge < -0.3 is 10.9 Å². The van der Waals surface area contributed by atoms with Crippen molar-refractivity contribution in [2.45, 2.75) is 11.5 Å². The van der Waals surface area contributed by atoms with Crippen LogP contribution in [0.25, 0.3) is 0 Å². The van der Waals surface area contributed by atoms with Crippen LogP contribution in [0, 0.1) is 35.1 Å². The van der Waals surface area contributed by atoms with Crippen LogP contribution in [-0.2, 0) is 11.5 Å². The Morgan fingerprint density at radius 3 is 2.29 bits per heavy atom. The van der Waals surface area contributed by atoms with Crippen LogP contribution in [0.4, 0.5) is 26.3 Å². The zero-order chi connectivity index (χ0) is 25.8. The van der Waals surface area contributed by atoms with Gasteiger partial charge in [-0.1, -0.05) is 5.92 Å². The lowest BCUT2D eigenvalue weighted by Gasteiger charge is -2.37. The van der Waals surface area contributed by atoms with Crippen LogP contribution in [0.5, 0.6) is 0 Å². The van der Waals surface area contributed by atoms with E-state index < -0.39 is 52.6 Å². The maximum Gasteiger partial charge on any atom is 0.325 e. The zero-order valence-electron chi connectivity index (χ0n) is 17.6. The first-order valence-electron chi connectivity index (χ1n) is 9.59. The largest absolute Gasteiger partial charge is 0.377 e. The van der Waals surface area contributed by atoms with Gasteiger partial charge in [-0.25, -0.2) is 23.4 Å². The highest BCUT2D eigenvalue weighted by atomic mass is 19.3. The summed E-state index contributed by atoms with van der Waals surface area (Å²) in [5.74, 6) is 6.31. The highest BCUT2D eigenvalue weighted by molar-refractivity contribution is 5.53. The Morgan fingerprint density at radius 1 is 0.943 bits per heavy atom. The Labute approximate surface area is 194 Å². The predicted octanol–water partition coefficient (Wildman–Crippen LogP) is 2.49. The van der Waals surface area contributed by atoms with E-state index >= 15 is 8.78 Å². The molecule has 182 valence electrons. The molecule has 0 aliphatic rings. The fraction of sp³-hybridized carbons (Fsp3) is 0.136. The van der Waals surface area contributed by atoms with Gasteiger partial charge in [0.05, 0.1) is 6.54 Å². The van der Waals surface area contributed by atoms with Crippen molar-refractivity contribution < 1.29 is 31.4 Å². The van der Waals surface area contributed by atoms with Crippen molar-refractivity contribution in [1.29, 1.82) is 0 Å². The summed E-state index contributed by atoms with van der Waals surface area (Å²) in [6, 6.07) is 6.32. The molecule has 3 aromatic rings. The van der Waals surface area contributed by atoms with E-state index in [-0.39, 0.29) is 11.3 Å². The number of nitrogens with two attached hydrogens (primary N) is 2. The number of benzene rings is 2. The van der Waals surface area contributed by atoms with Crippen LogP contribution in [0.2, 0.25) is 0 Å². The summed E-state index contributed by atoms with van der Waals surface area (Å²) in [5.41, 5.74) is -5.49. The molecule has 0 saturated heterocycles. The standard InChI is InChI=1S/C22H16F6N6O/c23-14-3-6-16(18(25)10-14)21(35,11-34(30)12-31-29)22(27,28)20-8-5-15(32-33-20)4-1-13-2-7-17(24)19(26)9-13/h2-3,5-10,12,35H,11,29-30H2/b31-12-. The van der Waals surface area contributed by atoms with Gasteiger partial charge in [0.1, 0.15) is 29.4 Å². The van der Waals surface area contributed by atoms with Gasteiger partial charge in [0.25, 0.3) is 0 Å². The molecule has 1 aromatic heterocycles. The number of hydrogen-bond donors (Lipinski definition) is 3. The second-order valence-corrected chi connectivity index (χ2v) is 7.18. The molecule has 5 N–H and O–H groups in total. The molecule has 0 bridgehead atoms. The Hall–Kier alpha value is -4.15. The summed E-state index contributed by atoms with van der Waals surface area (Å²) < 4.78 is 85.2. The Bertz CT molecular complexity index is 1310. The van der Waals surface area contributed by atoms with Crippen molar-refractivity contribution in [2.75, 3.05) is 6.54 Å². The van der Waals surface area contributed by atoms with E-state index in [1.165, 1.54) is 6.07 Å². The van der Waals surface area contributed by atoms with E-state index in [1.54, 1.807) is 0 Å². The fourth-order valence-electron chi connectivity index (χ4n) is 3.06. The summed E-state index contributed by atoms with van der Waals surface area (Å²) >= 11 is 0. The highest BCUT2D eigenvalue weighted by Crippen LogP contribution is 2.45. The molecule has 1 atom stereocenters. The third kappa shape index (κ3) is 5.34. The second-order valence-electron chi connectivity index (χ2n) is 7.18. The quantitative estimate of drug-likeness (QED) is 0.121. The zero-order valence-corrected chi connectivity index (χ0v) is 17.6. The summed E-state index contributed by atoms with van der Waals surface area (Å²) in [5, 5.41) is 21.4. The third-order valence-corrected chi connectivity index (χ3v) is 4.76. The summed E-state index contributed by atoms with van der Waals surface area (Å²) in [4.78, 5) is 0. The molecule has 35 heavy (non-hydrogen) atoms. The smallest absolute Gasteiger partial charge is 0.325 e. The summed E-state index contributed by atoms with van der Waals surface area (Å²) in [6.07, 6.45) is 0.700. The van der Waals surface area contributed by atoms with Crippen molar-refractivity contribution in [2.24, 2.45) is 16.8 Å². The Balaban J connectivity index is 2.00. The molecule has 0 aliphatic carbocycles. The van der Waals surface area contributed by atoms with Crippen LogP contribution in [0.15, 0.2) is 53.6 Å².